The summed E-state index contributed by atoms with van der Waals surface area (Å²) in [6, 6.07) is 7.92. The monoisotopic (exact) mass is 375 g/mol. The van der Waals surface area contributed by atoms with Crippen molar-refractivity contribution >= 4 is 5.91 Å². The lowest BCUT2D eigenvalue weighted by Crippen LogP contribution is -2.61. The SMILES string of the molecule is CC(C)(C)[C@@H]1NC(=O)CC[C@H]1NC1CCN(CCc2ccc(F)cc2)CC1. The van der Waals surface area contributed by atoms with E-state index >= 15 is 0 Å². The van der Waals surface area contributed by atoms with Crippen molar-refractivity contribution in [2.45, 2.75) is 71.0 Å². The summed E-state index contributed by atoms with van der Waals surface area (Å²) in [4.78, 5) is 14.3. The molecule has 0 unspecified atom stereocenters. The molecule has 0 radical (unpaired) electrons. The number of benzene rings is 1. The van der Waals surface area contributed by atoms with Crippen LogP contribution >= 0.6 is 0 Å². The molecule has 2 N–H and O–H groups in total. The van der Waals surface area contributed by atoms with Gasteiger partial charge in [-0.1, -0.05) is 32.9 Å². The normalized spacial score (nSPS) is 25.4. The molecule has 2 aliphatic heterocycles. The van der Waals surface area contributed by atoms with Gasteiger partial charge in [-0.2, -0.15) is 0 Å². The quantitative estimate of drug-likeness (QED) is 0.831. The van der Waals surface area contributed by atoms with Gasteiger partial charge >= 0.3 is 0 Å². The van der Waals surface area contributed by atoms with Gasteiger partial charge < -0.3 is 15.5 Å². The van der Waals surface area contributed by atoms with Crippen LogP contribution in [0.5, 0.6) is 0 Å². The first-order valence-electron chi connectivity index (χ1n) is 10.3. The number of hydrogen-bond acceptors (Lipinski definition) is 3. The zero-order valence-corrected chi connectivity index (χ0v) is 16.9. The van der Waals surface area contributed by atoms with Crippen molar-refractivity contribution in [1.82, 2.24) is 15.5 Å². The Bertz CT molecular complexity index is 617. The summed E-state index contributed by atoms with van der Waals surface area (Å²) in [5.74, 6) is 0.0155. The highest BCUT2D eigenvalue weighted by Gasteiger charge is 2.37. The highest BCUT2D eigenvalue weighted by molar-refractivity contribution is 5.77. The second-order valence-electron chi connectivity index (χ2n) is 9.22. The summed E-state index contributed by atoms with van der Waals surface area (Å²) < 4.78 is 13.0. The van der Waals surface area contributed by atoms with E-state index in [1.165, 1.54) is 5.56 Å². The van der Waals surface area contributed by atoms with Crippen molar-refractivity contribution in [2.24, 2.45) is 5.41 Å². The Labute approximate surface area is 162 Å². The van der Waals surface area contributed by atoms with Gasteiger partial charge in [0.1, 0.15) is 5.82 Å². The standard InChI is InChI=1S/C22H34FN3O/c1-22(2,3)21-19(8-9-20(27)25-21)24-18-11-14-26(15-12-18)13-10-16-4-6-17(23)7-5-16/h4-7,18-19,21,24H,8-15H2,1-3H3,(H,25,27)/t19-,21-/m1/s1. The molecule has 0 aromatic heterocycles. The number of carbonyl (C=O) groups excluding carboxylic acids is 1. The fourth-order valence-corrected chi connectivity index (χ4v) is 4.36. The molecule has 4 nitrogen and oxygen atoms in total. The van der Waals surface area contributed by atoms with E-state index in [4.69, 9.17) is 0 Å². The number of halogens is 1. The Morgan fingerprint density at radius 3 is 2.44 bits per heavy atom. The maximum Gasteiger partial charge on any atom is 0.220 e. The summed E-state index contributed by atoms with van der Waals surface area (Å²) in [7, 11) is 0. The molecule has 1 aromatic rings. The summed E-state index contributed by atoms with van der Waals surface area (Å²) in [6.07, 6.45) is 4.81. The topological polar surface area (TPSA) is 44.4 Å². The minimum atomic E-state index is -0.168. The Balaban J connectivity index is 1.44. The molecule has 0 spiro atoms. The largest absolute Gasteiger partial charge is 0.351 e. The van der Waals surface area contributed by atoms with Gasteiger partial charge in [0.2, 0.25) is 5.91 Å². The van der Waals surface area contributed by atoms with E-state index in [1.807, 2.05) is 12.1 Å². The average molecular weight is 376 g/mol. The summed E-state index contributed by atoms with van der Waals surface area (Å²) >= 11 is 0. The van der Waals surface area contributed by atoms with Gasteiger partial charge in [0, 0.05) is 31.1 Å². The highest BCUT2D eigenvalue weighted by atomic mass is 19.1. The number of nitrogens with zero attached hydrogens (tertiary/aromatic N) is 1. The van der Waals surface area contributed by atoms with Crippen molar-refractivity contribution in [3.63, 3.8) is 0 Å². The summed E-state index contributed by atoms with van der Waals surface area (Å²) in [6.45, 7) is 9.83. The first-order chi connectivity index (χ1) is 12.8. The molecule has 2 fully saturated rings. The van der Waals surface area contributed by atoms with Gasteiger partial charge in [0.25, 0.3) is 0 Å². The lowest BCUT2D eigenvalue weighted by atomic mass is 9.78. The van der Waals surface area contributed by atoms with Crippen LogP contribution in [0.3, 0.4) is 0 Å². The van der Waals surface area contributed by atoms with Crippen LogP contribution < -0.4 is 10.6 Å². The molecule has 0 bridgehead atoms. The van der Waals surface area contributed by atoms with Crippen molar-refractivity contribution < 1.29 is 9.18 Å². The molecule has 2 saturated heterocycles. The maximum absolute atomic E-state index is 13.0. The molecule has 0 saturated carbocycles. The van der Waals surface area contributed by atoms with Crippen LogP contribution in [0, 0.1) is 11.2 Å². The van der Waals surface area contributed by atoms with Crippen molar-refractivity contribution in [2.75, 3.05) is 19.6 Å². The minimum Gasteiger partial charge on any atom is -0.351 e. The van der Waals surface area contributed by atoms with E-state index in [1.54, 1.807) is 12.1 Å². The number of carbonyl (C=O) groups is 1. The summed E-state index contributed by atoms with van der Waals surface area (Å²) in [5.41, 5.74) is 1.26. The number of rotatable bonds is 5. The highest BCUT2D eigenvalue weighted by Crippen LogP contribution is 2.27. The van der Waals surface area contributed by atoms with E-state index in [2.05, 4.69) is 36.3 Å². The van der Waals surface area contributed by atoms with Crippen LogP contribution in [0.2, 0.25) is 0 Å². The van der Waals surface area contributed by atoms with Gasteiger partial charge in [-0.25, -0.2) is 4.39 Å². The zero-order valence-electron chi connectivity index (χ0n) is 16.9. The van der Waals surface area contributed by atoms with Gasteiger partial charge in [-0.3, -0.25) is 4.79 Å². The predicted molar refractivity (Wildman–Crippen MR) is 107 cm³/mol. The number of nitrogens with one attached hydrogen (secondary N) is 2. The van der Waals surface area contributed by atoms with Gasteiger partial charge in [0.15, 0.2) is 0 Å². The molecule has 5 heteroatoms. The first-order valence-corrected chi connectivity index (χ1v) is 10.3. The molecule has 2 aliphatic rings. The van der Waals surface area contributed by atoms with E-state index in [9.17, 15) is 9.18 Å². The molecule has 150 valence electrons. The number of hydrogen-bond donors (Lipinski definition) is 2. The van der Waals surface area contributed by atoms with Gasteiger partial charge in [-0.05, 0) is 61.9 Å². The van der Waals surface area contributed by atoms with Crippen molar-refractivity contribution in [3.05, 3.63) is 35.6 Å². The van der Waals surface area contributed by atoms with E-state index in [0.29, 0.717) is 18.5 Å². The fraction of sp³-hybridized carbons (Fsp3) is 0.682. The molecule has 3 rings (SSSR count). The maximum atomic E-state index is 13.0. The predicted octanol–water partition coefficient (Wildman–Crippen LogP) is 3.12. The molecular formula is C22H34FN3O. The van der Waals surface area contributed by atoms with Gasteiger partial charge in [-0.15, -0.1) is 0 Å². The summed E-state index contributed by atoms with van der Waals surface area (Å²) in [5, 5.41) is 7.06. The van der Waals surface area contributed by atoms with Crippen LogP contribution in [-0.2, 0) is 11.2 Å². The van der Waals surface area contributed by atoms with Crippen LogP contribution in [0.25, 0.3) is 0 Å². The molecule has 2 atom stereocenters. The molecule has 27 heavy (non-hydrogen) atoms. The first kappa shape index (κ1) is 20.3. The van der Waals surface area contributed by atoms with Crippen molar-refractivity contribution in [3.8, 4) is 0 Å². The smallest absolute Gasteiger partial charge is 0.220 e. The van der Waals surface area contributed by atoms with E-state index in [0.717, 1.165) is 45.3 Å². The Kier molecular flexibility index (Phi) is 6.53. The number of amides is 1. The van der Waals surface area contributed by atoms with Gasteiger partial charge in [0.05, 0.1) is 0 Å². The Hall–Kier alpha value is -1.46. The zero-order chi connectivity index (χ0) is 19.4. The lowest BCUT2D eigenvalue weighted by molar-refractivity contribution is -0.125. The molecule has 1 aromatic carbocycles. The Morgan fingerprint density at radius 1 is 1.15 bits per heavy atom. The number of piperidine rings is 2. The average Bonchev–Trinajstić information content (AvgIpc) is 2.63. The molecule has 1 amide bonds. The third-order valence-corrected chi connectivity index (χ3v) is 6.00. The van der Waals surface area contributed by atoms with E-state index in [-0.39, 0.29) is 23.2 Å². The molecule has 0 aliphatic carbocycles. The van der Waals surface area contributed by atoms with Crippen LogP contribution in [-0.4, -0.2) is 48.6 Å². The number of likely N-dealkylation sites (tertiary alicyclic amines) is 1. The lowest BCUT2D eigenvalue weighted by Gasteiger charge is -2.44. The van der Waals surface area contributed by atoms with Crippen LogP contribution in [0.1, 0.15) is 52.0 Å². The second-order valence-corrected chi connectivity index (χ2v) is 9.22. The Morgan fingerprint density at radius 2 is 1.81 bits per heavy atom. The van der Waals surface area contributed by atoms with Crippen LogP contribution in [0.4, 0.5) is 4.39 Å². The molecular weight excluding hydrogens is 341 g/mol. The minimum absolute atomic E-state index is 0.0591. The second kappa shape index (κ2) is 8.70. The van der Waals surface area contributed by atoms with Crippen molar-refractivity contribution in [1.29, 1.82) is 0 Å². The van der Waals surface area contributed by atoms with E-state index < -0.39 is 0 Å². The fourth-order valence-electron chi connectivity index (χ4n) is 4.36. The van der Waals surface area contributed by atoms with Crippen LogP contribution in [0.15, 0.2) is 24.3 Å². The molecule has 2 heterocycles. The third kappa shape index (κ3) is 5.76. The third-order valence-electron chi connectivity index (χ3n) is 6.00.